The molecule has 3 aromatic rings. The third-order valence-corrected chi connectivity index (χ3v) is 7.41. The number of nitrogens with one attached hydrogen (secondary N) is 4. The summed E-state index contributed by atoms with van der Waals surface area (Å²) in [6.45, 7) is 4.42. The monoisotopic (exact) mass is 545 g/mol. The molecule has 1 amide bonds. The second kappa shape index (κ2) is 13.8. The van der Waals surface area contributed by atoms with Crippen LogP contribution in [0.4, 0.5) is 5.69 Å². The first-order chi connectivity index (χ1) is 19.0. The molecule has 39 heavy (non-hydrogen) atoms. The van der Waals surface area contributed by atoms with Gasteiger partial charge in [0.05, 0.1) is 5.70 Å². The SMILES string of the molecule is CNC(C)OC(=N)c1cccc(N/C=C(\C=N)N(C(=O)c2nccs2)C2CCN(Cc3ccccc3)CC2)c1. The highest BCUT2D eigenvalue weighted by molar-refractivity contribution is 7.11. The van der Waals surface area contributed by atoms with Crippen LogP contribution in [0.15, 0.2) is 78.1 Å². The fourth-order valence-corrected chi connectivity index (χ4v) is 5.07. The molecule has 1 aromatic heterocycles. The number of allylic oxidation sites excluding steroid dienone is 1. The Morgan fingerprint density at radius 3 is 2.67 bits per heavy atom. The maximum Gasteiger partial charge on any atom is 0.287 e. The van der Waals surface area contributed by atoms with Crippen LogP contribution in [0.1, 0.15) is 40.7 Å². The van der Waals surface area contributed by atoms with E-state index in [0.29, 0.717) is 16.3 Å². The molecule has 9 nitrogen and oxygen atoms in total. The van der Waals surface area contributed by atoms with Crippen LogP contribution in [-0.2, 0) is 11.3 Å². The Bertz CT molecular complexity index is 1270. The number of thiazole rings is 1. The molecule has 1 aliphatic rings. The standard InChI is InChI=1S/C29H35N7O2S/c1-21(32-2)38-27(31)23-9-6-10-24(17-23)34-19-26(18-30)36(29(37)28-33-13-16-39-28)25-11-14-35(15-12-25)20-22-7-4-3-5-8-22/h3-10,13,16-19,21,25,30-32,34H,11-12,14-15,20H2,1-2H3/b26-19+,30-18?,31-27?. The second-order valence-electron chi connectivity index (χ2n) is 9.32. The van der Waals surface area contributed by atoms with Gasteiger partial charge in [-0.1, -0.05) is 36.4 Å². The van der Waals surface area contributed by atoms with Crippen molar-refractivity contribution in [2.75, 3.05) is 25.5 Å². The zero-order valence-electron chi connectivity index (χ0n) is 22.3. The molecule has 2 aromatic carbocycles. The van der Waals surface area contributed by atoms with Crippen LogP contribution >= 0.6 is 11.3 Å². The Morgan fingerprint density at radius 2 is 2.00 bits per heavy atom. The molecule has 0 radical (unpaired) electrons. The van der Waals surface area contributed by atoms with Crippen LogP contribution in [0.3, 0.4) is 0 Å². The Balaban J connectivity index is 1.50. The van der Waals surface area contributed by atoms with Gasteiger partial charge in [-0.2, -0.15) is 0 Å². The topological polar surface area (TPSA) is 117 Å². The third kappa shape index (κ3) is 7.60. The molecular formula is C29H35N7O2S. The number of piperidine rings is 1. The fourth-order valence-electron chi connectivity index (χ4n) is 4.50. The van der Waals surface area contributed by atoms with Crippen molar-refractivity contribution in [2.24, 2.45) is 0 Å². The summed E-state index contributed by atoms with van der Waals surface area (Å²) in [5, 5.41) is 24.8. The lowest BCUT2D eigenvalue weighted by Gasteiger charge is -2.38. The molecule has 1 saturated heterocycles. The van der Waals surface area contributed by atoms with Gasteiger partial charge in [0.1, 0.15) is 6.23 Å². The lowest BCUT2D eigenvalue weighted by Crippen LogP contribution is -2.47. The number of benzene rings is 2. The largest absolute Gasteiger partial charge is 0.459 e. The second-order valence-corrected chi connectivity index (χ2v) is 10.2. The zero-order chi connectivity index (χ0) is 27.6. The molecule has 10 heteroatoms. The predicted octanol–water partition coefficient (Wildman–Crippen LogP) is 4.76. The normalized spacial score (nSPS) is 15.4. The summed E-state index contributed by atoms with van der Waals surface area (Å²) in [5.74, 6) is -0.146. The van der Waals surface area contributed by atoms with E-state index in [2.05, 4.69) is 44.8 Å². The van der Waals surface area contributed by atoms with Crippen LogP contribution in [0.2, 0.25) is 0 Å². The van der Waals surface area contributed by atoms with E-state index in [1.54, 1.807) is 41.9 Å². The van der Waals surface area contributed by atoms with Crippen molar-refractivity contribution in [3.05, 3.63) is 94.2 Å². The molecule has 204 valence electrons. The summed E-state index contributed by atoms with van der Waals surface area (Å²) >= 11 is 1.30. The van der Waals surface area contributed by atoms with Gasteiger partial charge in [0.25, 0.3) is 5.91 Å². The van der Waals surface area contributed by atoms with Gasteiger partial charge in [-0.25, -0.2) is 4.98 Å². The molecule has 0 spiro atoms. The summed E-state index contributed by atoms with van der Waals surface area (Å²) < 4.78 is 5.55. The number of carbonyl (C=O) groups is 1. The Morgan fingerprint density at radius 1 is 1.23 bits per heavy atom. The first-order valence-electron chi connectivity index (χ1n) is 13.0. The molecule has 0 bridgehead atoms. The van der Waals surface area contributed by atoms with Crippen molar-refractivity contribution in [1.29, 1.82) is 10.8 Å². The maximum absolute atomic E-state index is 13.6. The van der Waals surface area contributed by atoms with E-state index in [1.165, 1.54) is 23.1 Å². The molecule has 1 unspecified atom stereocenters. The molecule has 4 N–H and O–H groups in total. The van der Waals surface area contributed by atoms with Crippen molar-refractivity contribution in [2.45, 2.75) is 38.6 Å². The molecular weight excluding hydrogens is 510 g/mol. The van der Waals surface area contributed by atoms with Gasteiger partial charge in [0.2, 0.25) is 5.90 Å². The fraction of sp³-hybridized carbons (Fsp3) is 0.310. The molecule has 2 heterocycles. The molecule has 4 rings (SSSR count). The van der Waals surface area contributed by atoms with Crippen LogP contribution < -0.4 is 10.6 Å². The van der Waals surface area contributed by atoms with Gasteiger partial charge in [0, 0.05) is 60.9 Å². The molecule has 1 fully saturated rings. The number of hydrogen-bond donors (Lipinski definition) is 4. The van der Waals surface area contributed by atoms with Crippen molar-refractivity contribution in [3.63, 3.8) is 0 Å². The summed E-state index contributed by atoms with van der Waals surface area (Å²) in [6, 6.07) is 17.7. The summed E-state index contributed by atoms with van der Waals surface area (Å²) in [6.07, 6.45) is 5.81. The smallest absolute Gasteiger partial charge is 0.287 e. The zero-order valence-corrected chi connectivity index (χ0v) is 23.1. The van der Waals surface area contributed by atoms with Crippen molar-refractivity contribution >= 4 is 35.0 Å². The lowest BCUT2D eigenvalue weighted by molar-refractivity contribution is 0.0670. The number of nitrogens with zero attached hydrogens (tertiary/aromatic N) is 3. The van der Waals surface area contributed by atoms with Gasteiger partial charge < -0.3 is 20.4 Å². The van der Waals surface area contributed by atoms with Crippen LogP contribution in [0, 0.1) is 10.8 Å². The quantitative estimate of drug-likeness (QED) is 0.157. The number of aromatic nitrogens is 1. The molecule has 0 saturated carbocycles. The van der Waals surface area contributed by atoms with Crippen molar-refractivity contribution in [3.8, 4) is 0 Å². The molecule has 0 aliphatic carbocycles. The van der Waals surface area contributed by atoms with Crippen molar-refractivity contribution in [1.82, 2.24) is 20.1 Å². The highest BCUT2D eigenvalue weighted by atomic mass is 32.1. The van der Waals surface area contributed by atoms with E-state index in [4.69, 9.17) is 15.6 Å². The highest BCUT2D eigenvalue weighted by Gasteiger charge is 2.31. The van der Waals surface area contributed by atoms with Gasteiger partial charge in [-0.15, -0.1) is 11.3 Å². The van der Waals surface area contributed by atoms with Gasteiger partial charge in [-0.3, -0.25) is 20.4 Å². The maximum atomic E-state index is 13.6. The molecule has 1 aliphatic heterocycles. The first kappa shape index (κ1) is 28.2. The highest BCUT2D eigenvalue weighted by Crippen LogP contribution is 2.25. The van der Waals surface area contributed by atoms with E-state index < -0.39 is 0 Å². The lowest BCUT2D eigenvalue weighted by atomic mass is 10.0. The van der Waals surface area contributed by atoms with Gasteiger partial charge >= 0.3 is 0 Å². The number of carbonyl (C=O) groups excluding carboxylic acids is 1. The van der Waals surface area contributed by atoms with Gasteiger partial charge in [0.15, 0.2) is 5.01 Å². The van der Waals surface area contributed by atoms with E-state index >= 15 is 0 Å². The van der Waals surface area contributed by atoms with Crippen LogP contribution in [-0.4, -0.2) is 65.2 Å². The minimum Gasteiger partial charge on any atom is -0.459 e. The minimum absolute atomic E-state index is 0.0552. The Kier molecular flexibility index (Phi) is 9.96. The number of likely N-dealkylation sites (tertiary alicyclic amines) is 1. The minimum atomic E-state index is -0.289. The molecule has 1 atom stereocenters. The number of ether oxygens (including phenoxy) is 1. The average molecular weight is 546 g/mol. The van der Waals surface area contributed by atoms with E-state index in [0.717, 1.165) is 38.2 Å². The number of anilines is 1. The number of hydrogen-bond acceptors (Lipinski definition) is 9. The first-order valence-corrected chi connectivity index (χ1v) is 13.9. The number of amides is 1. The van der Waals surface area contributed by atoms with E-state index in [9.17, 15) is 4.79 Å². The summed E-state index contributed by atoms with van der Waals surface area (Å²) in [5.41, 5.74) is 3.07. The van der Waals surface area contributed by atoms with Crippen LogP contribution in [0.5, 0.6) is 0 Å². The summed E-state index contributed by atoms with van der Waals surface area (Å²) in [7, 11) is 1.77. The third-order valence-electron chi connectivity index (χ3n) is 6.64. The predicted molar refractivity (Wildman–Crippen MR) is 156 cm³/mol. The van der Waals surface area contributed by atoms with Crippen molar-refractivity contribution < 1.29 is 9.53 Å². The van der Waals surface area contributed by atoms with E-state index in [1.807, 2.05) is 25.1 Å². The van der Waals surface area contributed by atoms with E-state index in [-0.39, 0.29) is 24.1 Å². The number of rotatable bonds is 11. The Labute approximate surface area is 233 Å². The average Bonchev–Trinajstić information content (AvgIpc) is 3.51. The Hall–Kier alpha value is -3.86. The van der Waals surface area contributed by atoms with Gasteiger partial charge in [-0.05, 0) is 50.6 Å². The van der Waals surface area contributed by atoms with Crippen LogP contribution in [0.25, 0.3) is 0 Å². The summed E-state index contributed by atoms with van der Waals surface area (Å²) in [4.78, 5) is 22.0.